The van der Waals surface area contributed by atoms with Crippen molar-refractivity contribution < 1.29 is 4.79 Å². The van der Waals surface area contributed by atoms with E-state index in [0.29, 0.717) is 11.0 Å². The minimum absolute atomic E-state index is 0.122. The second-order valence-electron chi connectivity index (χ2n) is 7.17. The van der Waals surface area contributed by atoms with Crippen molar-refractivity contribution in [3.63, 3.8) is 0 Å². The van der Waals surface area contributed by atoms with Gasteiger partial charge < -0.3 is 5.73 Å². The number of para-hydroxylation sites is 2. The second kappa shape index (κ2) is 8.64. The number of nitrogens with zero attached hydrogens (tertiary/aromatic N) is 4. The van der Waals surface area contributed by atoms with Gasteiger partial charge in [0.05, 0.1) is 17.0 Å². The number of carbonyl (C=O) groups excluding carboxylic acids is 1. The van der Waals surface area contributed by atoms with Gasteiger partial charge in [-0.1, -0.05) is 78.5 Å². The summed E-state index contributed by atoms with van der Waals surface area (Å²) in [6, 6.07) is 30.0. The lowest BCUT2D eigenvalue weighted by Crippen LogP contribution is -2.13. The van der Waals surface area contributed by atoms with E-state index < -0.39 is 5.91 Å². The molecule has 0 aliphatic rings. The van der Waals surface area contributed by atoms with E-state index in [4.69, 9.17) is 10.7 Å². The third-order valence-electron chi connectivity index (χ3n) is 5.02. The van der Waals surface area contributed by atoms with Gasteiger partial charge >= 0.3 is 0 Å². The molecule has 156 valence electrons. The van der Waals surface area contributed by atoms with Gasteiger partial charge in [-0.3, -0.25) is 9.36 Å². The molecule has 7 heteroatoms. The Morgan fingerprint density at radius 1 is 0.875 bits per heavy atom. The number of hydrogen-bond acceptors (Lipinski definition) is 5. The lowest BCUT2D eigenvalue weighted by molar-refractivity contribution is -0.115. The normalized spacial score (nSPS) is 11.0. The highest BCUT2D eigenvalue weighted by atomic mass is 32.2. The van der Waals surface area contributed by atoms with Crippen molar-refractivity contribution in [2.24, 2.45) is 5.73 Å². The molecule has 6 nitrogen and oxygen atoms in total. The number of fused-ring (bicyclic) bond motifs is 1. The monoisotopic (exact) mass is 437 g/mol. The van der Waals surface area contributed by atoms with Crippen LogP contribution in [0.1, 0.15) is 0 Å². The molecule has 2 N–H and O–H groups in total. The van der Waals surface area contributed by atoms with E-state index in [9.17, 15) is 4.79 Å². The molecule has 0 radical (unpaired) electrons. The van der Waals surface area contributed by atoms with Crippen molar-refractivity contribution in [1.82, 2.24) is 19.7 Å². The third-order valence-corrected chi connectivity index (χ3v) is 5.97. The van der Waals surface area contributed by atoms with Crippen LogP contribution >= 0.6 is 11.8 Å². The van der Waals surface area contributed by atoms with E-state index in [1.54, 1.807) is 0 Å². The largest absolute Gasteiger partial charge is 0.369 e. The van der Waals surface area contributed by atoms with Gasteiger partial charge in [-0.15, -0.1) is 10.2 Å². The van der Waals surface area contributed by atoms with Crippen molar-refractivity contribution in [2.45, 2.75) is 5.16 Å². The Labute approximate surface area is 189 Å². The highest BCUT2D eigenvalue weighted by Crippen LogP contribution is 2.34. The summed E-state index contributed by atoms with van der Waals surface area (Å²) in [6.07, 6.45) is 0. The first-order valence-electron chi connectivity index (χ1n) is 10.1. The summed E-state index contributed by atoms with van der Waals surface area (Å²) < 4.78 is 1.96. The summed E-state index contributed by atoms with van der Waals surface area (Å²) in [5.41, 5.74) is 9.95. The van der Waals surface area contributed by atoms with Gasteiger partial charge in [0.15, 0.2) is 11.0 Å². The quantitative estimate of drug-likeness (QED) is 0.388. The maximum Gasteiger partial charge on any atom is 0.227 e. The van der Waals surface area contributed by atoms with Crippen LogP contribution in [0.25, 0.3) is 39.2 Å². The molecular weight excluding hydrogens is 418 g/mol. The van der Waals surface area contributed by atoms with E-state index in [1.807, 2.05) is 95.6 Å². The predicted octanol–water partition coefficient (Wildman–Crippen LogP) is 4.73. The minimum atomic E-state index is -0.403. The molecule has 0 fully saturated rings. The zero-order valence-electron chi connectivity index (χ0n) is 17.1. The molecule has 2 aromatic heterocycles. The summed E-state index contributed by atoms with van der Waals surface area (Å²) in [6.45, 7) is 0. The Hall–Kier alpha value is -3.97. The fourth-order valence-corrected chi connectivity index (χ4v) is 4.29. The zero-order valence-corrected chi connectivity index (χ0v) is 17.9. The maximum absolute atomic E-state index is 11.4. The molecule has 5 aromatic rings. The van der Waals surface area contributed by atoms with Crippen LogP contribution in [-0.2, 0) is 4.79 Å². The average Bonchev–Trinajstić information content (AvgIpc) is 3.27. The first-order valence-corrected chi connectivity index (χ1v) is 11.1. The van der Waals surface area contributed by atoms with Gasteiger partial charge in [-0.2, -0.15) is 0 Å². The molecule has 0 spiro atoms. The maximum atomic E-state index is 11.4. The van der Waals surface area contributed by atoms with Crippen LogP contribution in [0.4, 0.5) is 0 Å². The van der Waals surface area contributed by atoms with E-state index in [-0.39, 0.29) is 5.75 Å². The van der Waals surface area contributed by atoms with Gasteiger partial charge in [-0.25, -0.2) is 4.98 Å². The number of carbonyl (C=O) groups is 1. The molecule has 0 saturated heterocycles. The number of rotatable bonds is 6. The molecule has 0 aliphatic carbocycles. The Bertz CT molecular complexity index is 1400. The molecule has 0 unspecified atom stereocenters. The summed E-state index contributed by atoms with van der Waals surface area (Å²) in [5, 5.41) is 10.5. The van der Waals surface area contributed by atoms with Crippen LogP contribution in [0.15, 0.2) is 96.2 Å². The lowest BCUT2D eigenvalue weighted by atomic mass is 10.0. The smallest absolute Gasteiger partial charge is 0.227 e. The van der Waals surface area contributed by atoms with Crippen molar-refractivity contribution in [2.75, 3.05) is 5.75 Å². The van der Waals surface area contributed by atoms with Gasteiger partial charge in [0.2, 0.25) is 5.91 Å². The van der Waals surface area contributed by atoms with Gasteiger partial charge in [0.1, 0.15) is 0 Å². The number of benzene rings is 3. The number of hydrogen-bond donors (Lipinski definition) is 1. The summed E-state index contributed by atoms with van der Waals surface area (Å²) >= 11 is 1.27. The standard InChI is InChI=1S/C25H19N5OS/c26-23(31)16-32-25-29-28-24(30(25)18-11-5-2-6-12-18)20-15-22(17-9-3-1-4-10-17)27-21-14-8-7-13-19(20)21/h1-15H,16H2,(H2,26,31). The molecule has 3 aromatic carbocycles. The minimum Gasteiger partial charge on any atom is -0.369 e. The Balaban J connectivity index is 1.76. The number of amides is 1. The molecule has 2 heterocycles. The van der Waals surface area contributed by atoms with Crippen molar-refractivity contribution >= 4 is 28.6 Å². The van der Waals surface area contributed by atoms with Crippen LogP contribution in [0.2, 0.25) is 0 Å². The highest BCUT2D eigenvalue weighted by molar-refractivity contribution is 7.99. The first-order chi connectivity index (χ1) is 15.7. The first kappa shape index (κ1) is 20.0. The van der Waals surface area contributed by atoms with Gasteiger partial charge in [0.25, 0.3) is 0 Å². The van der Waals surface area contributed by atoms with E-state index in [1.165, 1.54) is 11.8 Å². The van der Waals surface area contributed by atoms with Crippen LogP contribution in [0, 0.1) is 0 Å². The van der Waals surface area contributed by atoms with Crippen LogP contribution < -0.4 is 5.73 Å². The summed E-state index contributed by atoms with van der Waals surface area (Å²) in [4.78, 5) is 16.3. The molecule has 5 rings (SSSR count). The van der Waals surface area contributed by atoms with Crippen molar-refractivity contribution in [1.29, 1.82) is 0 Å². The number of nitrogens with two attached hydrogens (primary N) is 1. The molecule has 0 bridgehead atoms. The topological polar surface area (TPSA) is 86.7 Å². The summed E-state index contributed by atoms with van der Waals surface area (Å²) in [7, 11) is 0. The Kier molecular flexibility index (Phi) is 5.39. The van der Waals surface area contributed by atoms with E-state index >= 15 is 0 Å². The van der Waals surface area contributed by atoms with Crippen LogP contribution in [-0.4, -0.2) is 31.4 Å². The SMILES string of the molecule is NC(=O)CSc1nnc(-c2cc(-c3ccccc3)nc3ccccc23)n1-c1ccccc1. The van der Waals surface area contributed by atoms with Gasteiger partial charge in [0, 0.05) is 22.2 Å². The lowest BCUT2D eigenvalue weighted by Gasteiger charge is -2.13. The fraction of sp³-hybridized carbons (Fsp3) is 0.0400. The Morgan fingerprint density at radius 3 is 2.31 bits per heavy atom. The molecule has 0 aliphatic heterocycles. The van der Waals surface area contributed by atoms with E-state index in [0.717, 1.165) is 33.4 Å². The molecule has 0 saturated carbocycles. The number of thioether (sulfide) groups is 1. The predicted molar refractivity (Wildman–Crippen MR) is 127 cm³/mol. The highest BCUT2D eigenvalue weighted by Gasteiger charge is 2.20. The third kappa shape index (κ3) is 3.86. The number of primary amides is 1. The van der Waals surface area contributed by atoms with Crippen molar-refractivity contribution in [3.8, 4) is 28.3 Å². The summed E-state index contributed by atoms with van der Waals surface area (Å²) in [5.74, 6) is 0.399. The average molecular weight is 438 g/mol. The zero-order chi connectivity index (χ0) is 21.9. The number of aromatic nitrogens is 4. The van der Waals surface area contributed by atoms with Crippen molar-refractivity contribution in [3.05, 3.63) is 91.0 Å². The second-order valence-corrected chi connectivity index (χ2v) is 8.11. The van der Waals surface area contributed by atoms with E-state index in [2.05, 4.69) is 10.2 Å². The molecule has 0 atom stereocenters. The molecule has 32 heavy (non-hydrogen) atoms. The molecule has 1 amide bonds. The van der Waals surface area contributed by atoms with Gasteiger partial charge in [-0.05, 0) is 24.3 Å². The molecular formula is C25H19N5OS. The Morgan fingerprint density at radius 2 is 1.56 bits per heavy atom. The fourth-order valence-electron chi connectivity index (χ4n) is 3.60. The van der Waals surface area contributed by atoms with Crippen LogP contribution in [0.3, 0.4) is 0 Å². The van der Waals surface area contributed by atoms with Crippen LogP contribution in [0.5, 0.6) is 0 Å². The number of pyridine rings is 1.